The molecule has 0 saturated carbocycles. The van der Waals surface area contributed by atoms with Crippen LogP contribution in [0.1, 0.15) is 0 Å². The van der Waals surface area contributed by atoms with Crippen molar-refractivity contribution in [2.75, 3.05) is 26.2 Å². The highest BCUT2D eigenvalue weighted by Gasteiger charge is 2.29. The summed E-state index contributed by atoms with van der Waals surface area (Å²) in [7, 11) is -3.78. The zero-order valence-corrected chi connectivity index (χ0v) is 16.8. The van der Waals surface area contributed by atoms with Gasteiger partial charge in [0.1, 0.15) is 11.3 Å². The first-order valence-corrected chi connectivity index (χ1v) is 10.7. The van der Waals surface area contributed by atoms with Crippen molar-refractivity contribution in [3.05, 3.63) is 63.7 Å². The topological polar surface area (TPSA) is 88.4 Å². The van der Waals surface area contributed by atoms with Gasteiger partial charge in [0.2, 0.25) is 10.0 Å². The molecule has 1 saturated heterocycles. The Morgan fingerprint density at radius 3 is 2.52 bits per heavy atom. The lowest BCUT2D eigenvalue weighted by Crippen LogP contribution is -2.49. The third kappa shape index (κ3) is 3.88. The molecule has 11 heteroatoms. The summed E-state index contributed by atoms with van der Waals surface area (Å²) >= 11 is 5.72. The summed E-state index contributed by atoms with van der Waals surface area (Å²) in [5.74, 6) is -0.669. The summed E-state index contributed by atoms with van der Waals surface area (Å²) in [6, 6.07) is 10.3. The highest BCUT2D eigenvalue weighted by atomic mass is 35.5. The van der Waals surface area contributed by atoms with Crippen molar-refractivity contribution in [1.29, 1.82) is 0 Å². The molecule has 1 aliphatic heterocycles. The Morgan fingerprint density at radius 2 is 1.79 bits per heavy atom. The van der Waals surface area contributed by atoms with Crippen LogP contribution < -0.4 is 5.56 Å². The third-order valence-electron chi connectivity index (χ3n) is 4.82. The molecule has 2 heterocycles. The minimum Gasteiger partial charge on any atom is -0.282 e. The lowest BCUT2D eigenvalue weighted by Gasteiger charge is -2.33. The lowest BCUT2D eigenvalue weighted by molar-refractivity contribution is 0.141. The first-order chi connectivity index (χ1) is 13.9. The number of hydrogen-bond acceptors (Lipinski definition) is 6. The monoisotopic (exact) mass is 437 g/mol. The van der Waals surface area contributed by atoms with Crippen molar-refractivity contribution in [3.8, 4) is 0 Å². The van der Waals surface area contributed by atoms with Crippen molar-refractivity contribution in [3.63, 3.8) is 0 Å². The predicted molar refractivity (Wildman–Crippen MR) is 106 cm³/mol. The molecule has 4 rings (SSSR count). The van der Waals surface area contributed by atoms with Crippen molar-refractivity contribution in [2.45, 2.75) is 11.6 Å². The van der Waals surface area contributed by atoms with Gasteiger partial charge in [0.15, 0.2) is 0 Å². The Bertz CT molecular complexity index is 1230. The SMILES string of the molecule is O=c1c2ccccc2nnn1CN1CCN(S(=O)(=O)c2ccc(F)c(Cl)c2)CC1. The van der Waals surface area contributed by atoms with Gasteiger partial charge in [-0.05, 0) is 30.3 Å². The van der Waals surface area contributed by atoms with Crippen molar-refractivity contribution >= 4 is 32.5 Å². The van der Waals surface area contributed by atoms with Gasteiger partial charge in [-0.2, -0.15) is 8.99 Å². The van der Waals surface area contributed by atoms with Crippen molar-refractivity contribution in [1.82, 2.24) is 24.2 Å². The molecular weight excluding hydrogens is 421 g/mol. The fourth-order valence-corrected chi connectivity index (χ4v) is 4.90. The van der Waals surface area contributed by atoms with E-state index in [2.05, 4.69) is 10.3 Å². The van der Waals surface area contributed by atoms with E-state index in [1.165, 1.54) is 15.1 Å². The molecule has 29 heavy (non-hydrogen) atoms. The largest absolute Gasteiger partial charge is 0.282 e. The summed E-state index contributed by atoms with van der Waals surface area (Å²) in [5, 5.41) is 8.26. The molecule has 0 spiro atoms. The smallest absolute Gasteiger partial charge is 0.278 e. The molecule has 152 valence electrons. The van der Waals surface area contributed by atoms with E-state index < -0.39 is 15.8 Å². The fraction of sp³-hybridized carbons (Fsp3) is 0.278. The first kappa shape index (κ1) is 19.9. The summed E-state index contributed by atoms with van der Waals surface area (Å²) in [5.41, 5.74) is 0.286. The molecule has 0 bridgehead atoms. The molecule has 0 N–H and O–H groups in total. The van der Waals surface area contributed by atoms with Crippen LogP contribution in [0.4, 0.5) is 4.39 Å². The highest BCUT2D eigenvalue weighted by Crippen LogP contribution is 2.23. The number of halogens is 2. The number of rotatable bonds is 4. The van der Waals surface area contributed by atoms with Crippen LogP contribution in [0.25, 0.3) is 10.9 Å². The molecule has 0 radical (unpaired) electrons. The molecule has 3 aromatic rings. The molecule has 0 amide bonds. The van der Waals surface area contributed by atoms with Crippen LogP contribution in [0, 0.1) is 5.82 Å². The second kappa shape index (κ2) is 7.79. The molecule has 1 aliphatic rings. The number of benzene rings is 2. The standard InChI is InChI=1S/C18H17ClFN5O3S/c19-15-11-13(5-6-16(15)20)29(27,28)24-9-7-23(8-10-24)12-25-18(26)14-3-1-2-4-17(14)21-22-25/h1-6,11H,7-10,12H2. The Kier molecular flexibility index (Phi) is 5.34. The van der Waals surface area contributed by atoms with E-state index in [0.29, 0.717) is 24.0 Å². The summed E-state index contributed by atoms with van der Waals surface area (Å²) in [4.78, 5) is 14.4. The zero-order chi connectivity index (χ0) is 20.6. The maximum Gasteiger partial charge on any atom is 0.278 e. The molecular formula is C18H17ClFN5O3S. The Hall–Kier alpha value is -2.40. The molecule has 8 nitrogen and oxygen atoms in total. The van der Waals surface area contributed by atoms with Gasteiger partial charge in [-0.25, -0.2) is 12.8 Å². The van der Waals surface area contributed by atoms with Gasteiger partial charge in [-0.1, -0.05) is 28.9 Å². The summed E-state index contributed by atoms with van der Waals surface area (Å²) in [6.45, 7) is 1.50. The van der Waals surface area contributed by atoms with E-state index in [4.69, 9.17) is 11.6 Å². The van der Waals surface area contributed by atoms with E-state index in [-0.39, 0.29) is 35.2 Å². The number of aromatic nitrogens is 3. The number of sulfonamides is 1. The van der Waals surface area contributed by atoms with E-state index >= 15 is 0 Å². The van der Waals surface area contributed by atoms with Gasteiger partial charge in [-0.3, -0.25) is 9.69 Å². The number of nitrogens with zero attached hydrogens (tertiary/aromatic N) is 5. The maximum atomic E-state index is 13.3. The van der Waals surface area contributed by atoms with Crippen LogP contribution in [-0.4, -0.2) is 58.8 Å². The van der Waals surface area contributed by atoms with Gasteiger partial charge >= 0.3 is 0 Å². The number of piperazine rings is 1. The lowest BCUT2D eigenvalue weighted by atomic mass is 10.2. The second-order valence-electron chi connectivity index (χ2n) is 6.65. The van der Waals surface area contributed by atoms with E-state index in [1.807, 2.05) is 4.90 Å². The zero-order valence-electron chi connectivity index (χ0n) is 15.2. The Morgan fingerprint density at radius 1 is 1.07 bits per heavy atom. The van der Waals surface area contributed by atoms with Crippen LogP contribution >= 0.6 is 11.6 Å². The van der Waals surface area contributed by atoms with Crippen LogP contribution in [0.15, 0.2) is 52.2 Å². The van der Waals surface area contributed by atoms with Crippen LogP contribution in [0.5, 0.6) is 0 Å². The average molecular weight is 438 g/mol. The predicted octanol–water partition coefficient (Wildman–Crippen LogP) is 1.55. The highest BCUT2D eigenvalue weighted by molar-refractivity contribution is 7.89. The van der Waals surface area contributed by atoms with Gasteiger partial charge in [-0.15, -0.1) is 5.10 Å². The minimum absolute atomic E-state index is 0.0473. The molecule has 0 aliphatic carbocycles. The fourth-order valence-electron chi connectivity index (χ4n) is 3.20. The van der Waals surface area contributed by atoms with Gasteiger partial charge < -0.3 is 0 Å². The van der Waals surface area contributed by atoms with Gasteiger partial charge in [0.25, 0.3) is 5.56 Å². The molecule has 1 aromatic heterocycles. The normalized spacial score (nSPS) is 16.3. The maximum absolute atomic E-state index is 13.3. The third-order valence-corrected chi connectivity index (χ3v) is 7.01. The number of hydrogen-bond donors (Lipinski definition) is 0. The Labute approximate surface area is 171 Å². The molecule has 1 fully saturated rings. The first-order valence-electron chi connectivity index (χ1n) is 8.86. The van der Waals surface area contributed by atoms with Crippen LogP contribution in [-0.2, 0) is 16.7 Å². The van der Waals surface area contributed by atoms with Crippen LogP contribution in [0.3, 0.4) is 0 Å². The molecule has 2 aromatic carbocycles. The quantitative estimate of drug-likeness (QED) is 0.615. The van der Waals surface area contributed by atoms with Crippen molar-refractivity contribution in [2.24, 2.45) is 0 Å². The summed E-state index contributed by atoms with van der Waals surface area (Å²) in [6.07, 6.45) is 0. The van der Waals surface area contributed by atoms with Gasteiger partial charge in [0, 0.05) is 26.2 Å². The van der Waals surface area contributed by atoms with Crippen LogP contribution in [0.2, 0.25) is 5.02 Å². The van der Waals surface area contributed by atoms with E-state index in [0.717, 1.165) is 12.1 Å². The number of fused-ring (bicyclic) bond motifs is 1. The van der Waals surface area contributed by atoms with Gasteiger partial charge in [0.05, 0.1) is 22.0 Å². The average Bonchev–Trinajstić information content (AvgIpc) is 2.72. The van der Waals surface area contributed by atoms with Crippen molar-refractivity contribution < 1.29 is 12.8 Å². The van der Waals surface area contributed by atoms with E-state index in [9.17, 15) is 17.6 Å². The van der Waals surface area contributed by atoms with E-state index in [1.54, 1.807) is 24.3 Å². The second-order valence-corrected chi connectivity index (χ2v) is 9.00. The summed E-state index contributed by atoms with van der Waals surface area (Å²) < 4.78 is 41.5. The molecule has 0 unspecified atom stereocenters. The molecule has 0 atom stereocenters. The minimum atomic E-state index is -3.78. The Balaban J connectivity index is 1.46.